The third kappa shape index (κ3) is 12.5. The molecule has 0 spiro atoms. The summed E-state index contributed by atoms with van der Waals surface area (Å²) in [6.45, 7) is 15.3. The van der Waals surface area contributed by atoms with Crippen molar-refractivity contribution in [3.8, 4) is 5.75 Å². The van der Waals surface area contributed by atoms with Gasteiger partial charge in [-0.25, -0.2) is 7.11 Å². The Morgan fingerprint density at radius 3 is 2.27 bits per heavy atom. The average molecular weight is 1000 g/mol. The number of ether oxygens (including phenoxy) is 6. The third-order valence-electron chi connectivity index (χ3n) is 11.8. The maximum absolute atomic E-state index is 13.9. The minimum Gasteiger partial charge on any atom is -0.552 e. The first-order valence-electron chi connectivity index (χ1n) is 19.4. The Hall–Kier alpha value is -1.60. The van der Waals surface area contributed by atoms with Gasteiger partial charge in [0.2, 0.25) is 0 Å². The zero-order valence-electron chi connectivity index (χ0n) is 34.8. The number of carbonyl (C=O) groups excluding carboxylic acids is 3. The van der Waals surface area contributed by atoms with Crippen LogP contribution in [0.25, 0.3) is 0 Å². The summed E-state index contributed by atoms with van der Waals surface area (Å²) < 4.78 is 37.1. The van der Waals surface area contributed by atoms with Gasteiger partial charge in [-0.3, -0.25) is 14.4 Å². The Balaban J connectivity index is 0.0000105. The molecule has 1 aromatic rings. The number of methoxy groups -OCH3 is 1. The molecule has 1 amide bonds. The fourth-order valence-electron chi connectivity index (χ4n) is 8.29. The Kier molecular flexibility index (Phi) is 19.8. The van der Waals surface area contributed by atoms with E-state index in [9.17, 15) is 24.6 Å². The molecule has 2 aliphatic heterocycles. The number of cyclic esters (lactones) is 1. The standard InChI is InChI=1S/C41H67N2O11.U/c1-13-32-41(8,48)36(45)26(4)34(44)24(2)23-40(7,50-12)37(27(5)35(49-11)28(6)39(47)53-32)54-33-22-30(21-25(3)52-33)43(10)19-14-20-51-31-17-15-29(16-18-31)38(46)42-9;/h15-18,24-28,30,32-33,35-37,45,48H,11,13-14,19-23H2,1-10,12H3,(H,42,46);/q-1;/t24-,25-,26+,27+,28-,30+,32-,33+,35+,36-,37-,40-,41-;/m1./s1. The van der Waals surface area contributed by atoms with Gasteiger partial charge in [-0.2, -0.15) is 0 Å². The molecule has 13 nitrogen and oxygen atoms in total. The maximum Gasteiger partial charge on any atom is 0.311 e. The number of hydrogen-bond acceptors (Lipinski definition) is 12. The van der Waals surface area contributed by atoms with Crippen LogP contribution in [-0.4, -0.2) is 121 Å². The van der Waals surface area contributed by atoms with Crippen LogP contribution in [0.1, 0.15) is 97.9 Å². The van der Waals surface area contributed by atoms with Crippen molar-refractivity contribution in [1.82, 2.24) is 10.2 Å². The fourth-order valence-corrected chi connectivity index (χ4v) is 8.29. The zero-order chi connectivity index (χ0) is 40.5. The molecule has 0 aliphatic carbocycles. The summed E-state index contributed by atoms with van der Waals surface area (Å²) in [6, 6.07) is 7.18. The van der Waals surface area contributed by atoms with Crippen molar-refractivity contribution in [1.29, 1.82) is 0 Å². The molecule has 2 aliphatic rings. The second kappa shape index (κ2) is 22.0. The normalized spacial score (nSPS) is 36.7. The smallest absolute Gasteiger partial charge is 0.311 e. The molecule has 0 bridgehead atoms. The number of Topliss-reactive ketones (excluding diaryl/α,β-unsaturated/α-hetero) is 1. The summed E-state index contributed by atoms with van der Waals surface area (Å²) in [4.78, 5) is 41.7. The number of hydrogen-bond donors (Lipinski definition) is 3. The van der Waals surface area contributed by atoms with Gasteiger partial charge in [-0.15, -0.1) is 0 Å². The summed E-state index contributed by atoms with van der Waals surface area (Å²) in [5.41, 5.74) is -2.40. The number of carbonyl (C=O) groups is 3. The van der Waals surface area contributed by atoms with Gasteiger partial charge < -0.3 is 48.9 Å². The van der Waals surface area contributed by atoms with Gasteiger partial charge in [-0.1, -0.05) is 27.7 Å². The van der Waals surface area contributed by atoms with Crippen LogP contribution in [0.3, 0.4) is 0 Å². The van der Waals surface area contributed by atoms with Crippen LogP contribution in [0, 0.1) is 61.9 Å². The quantitative estimate of drug-likeness (QED) is 0.153. The molecule has 0 saturated carbocycles. The predicted molar refractivity (Wildman–Crippen MR) is 204 cm³/mol. The van der Waals surface area contributed by atoms with Crippen molar-refractivity contribution in [3.63, 3.8) is 0 Å². The van der Waals surface area contributed by atoms with Crippen LogP contribution in [0.5, 0.6) is 5.75 Å². The molecule has 2 heterocycles. The van der Waals surface area contributed by atoms with Gasteiger partial charge in [-0.05, 0) is 84.7 Å². The molecule has 312 valence electrons. The molecular formula is C41H67N2O11U-. The molecule has 0 radical (unpaired) electrons. The van der Waals surface area contributed by atoms with E-state index in [1.54, 1.807) is 66.1 Å². The topological polar surface area (TPSA) is 162 Å². The molecule has 1 aromatic carbocycles. The number of nitrogens with zero attached hydrogens (tertiary/aromatic N) is 1. The van der Waals surface area contributed by atoms with Gasteiger partial charge in [0.25, 0.3) is 5.91 Å². The SMILES string of the molecule is [CH2-]O[C@H]1[C@H](C)[C@@H](O[C@H]2C[C@@H](N(C)CCCOc3ccc(C(=O)NC)cc3)C[C@@H](C)O2)[C@](C)(OC)C[C@@H](C)C(=O)[C@H](C)[C@@H](O)[C@](C)(O)[C@@H](CC)OC(=O)[C@@H]1C.[U]. The molecule has 3 rings (SSSR count). The first-order chi connectivity index (χ1) is 25.3. The summed E-state index contributed by atoms with van der Waals surface area (Å²) >= 11 is 0. The van der Waals surface area contributed by atoms with E-state index in [1.807, 2.05) is 20.8 Å². The van der Waals surface area contributed by atoms with Crippen LogP contribution in [0.4, 0.5) is 0 Å². The summed E-state index contributed by atoms with van der Waals surface area (Å²) in [5, 5.41) is 25.4. The number of esters is 1. The fraction of sp³-hybridized carbons (Fsp3) is 0.756. The van der Waals surface area contributed by atoms with E-state index < -0.39 is 71.5 Å². The van der Waals surface area contributed by atoms with Gasteiger partial charge in [0.1, 0.15) is 23.2 Å². The van der Waals surface area contributed by atoms with Crippen molar-refractivity contribution in [2.24, 2.45) is 23.7 Å². The van der Waals surface area contributed by atoms with Crippen LogP contribution in [0.15, 0.2) is 24.3 Å². The molecule has 2 saturated heterocycles. The Morgan fingerprint density at radius 2 is 1.71 bits per heavy atom. The number of aliphatic hydroxyl groups is 2. The Bertz CT molecular complexity index is 1370. The third-order valence-corrected chi connectivity index (χ3v) is 11.8. The summed E-state index contributed by atoms with van der Waals surface area (Å²) in [7, 11) is 8.96. The van der Waals surface area contributed by atoms with Crippen molar-refractivity contribution in [2.45, 2.75) is 142 Å². The van der Waals surface area contributed by atoms with Crippen molar-refractivity contribution in [2.75, 3.05) is 34.4 Å². The van der Waals surface area contributed by atoms with Crippen molar-refractivity contribution in [3.05, 3.63) is 36.9 Å². The number of rotatable bonds is 12. The van der Waals surface area contributed by atoms with E-state index in [1.165, 1.54) is 6.92 Å². The number of benzene rings is 1. The zero-order valence-corrected chi connectivity index (χ0v) is 39.0. The Labute approximate surface area is 352 Å². The predicted octanol–water partition coefficient (Wildman–Crippen LogP) is 4.56. The van der Waals surface area contributed by atoms with Crippen LogP contribution in [0.2, 0.25) is 0 Å². The van der Waals surface area contributed by atoms with Crippen LogP contribution >= 0.6 is 0 Å². The van der Waals surface area contributed by atoms with Crippen molar-refractivity contribution < 1.29 is 84.1 Å². The van der Waals surface area contributed by atoms with Crippen LogP contribution in [-0.2, 0) is 33.3 Å². The summed E-state index contributed by atoms with van der Waals surface area (Å²) in [6.07, 6.45) is -2.32. The van der Waals surface area contributed by atoms with E-state index in [-0.39, 0.29) is 67.8 Å². The molecule has 0 unspecified atom stereocenters. The second-order valence-electron chi connectivity index (χ2n) is 15.9. The van der Waals surface area contributed by atoms with Crippen molar-refractivity contribution >= 4 is 17.7 Å². The number of nitrogens with one attached hydrogen (secondary N) is 1. The summed E-state index contributed by atoms with van der Waals surface area (Å²) in [5.74, 6) is -3.26. The van der Waals surface area contributed by atoms with Gasteiger partial charge in [0.15, 0.2) is 6.29 Å². The molecule has 2 fully saturated rings. The molecule has 14 heteroatoms. The Morgan fingerprint density at radius 1 is 1.07 bits per heavy atom. The second-order valence-corrected chi connectivity index (χ2v) is 15.9. The van der Waals surface area contributed by atoms with E-state index in [0.717, 1.165) is 19.4 Å². The van der Waals surface area contributed by atoms with E-state index in [2.05, 4.69) is 24.4 Å². The molecular weight excluding hydrogens is 934 g/mol. The minimum atomic E-state index is -1.89. The number of ketones is 1. The first kappa shape index (κ1) is 49.5. The number of amides is 1. The minimum absolute atomic E-state index is 0. The number of aliphatic hydroxyl groups excluding tert-OH is 1. The largest absolute Gasteiger partial charge is 0.552 e. The van der Waals surface area contributed by atoms with Gasteiger partial charge >= 0.3 is 5.97 Å². The van der Waals surface area contributed by atoms with E-state index in [0.29, 0.717) is 24.3 Å². The average Bonchev–Trinajstić information content (AvgIpc) is 3.15. The van der Waals surface area contributed by atoms with Gasteiger partial charge in [0, 0.05) is 93.7 Å². The first-order valence-corrected chi connectivity index (χ1v) is 19.4. The van der Waals surface area contributed by atoms with Crippen LogP contribution < -0.4 is 10.1 Å². The maximum atomic E-state index is 13.9. The molecule has 13 atom stereocenters. The monoisotopic (exact) mass is 1000 g/mol. The van der Waals surface area contributed by atoms with E-state index >= 15 is 0 Å². The van der Waals surface area contributed by atoms with E-state index in [4.69, 9.17) is 28.4 Å². The van der Waals surface area contributed by atoms with Gasteiger partial charge in [0.05, 0.1) is 36.4 Å². The molecule has 0 aromatic heterocycles. The molecule has 3 N–H and O–H groups in total. The molecule has 55 heavy (non-hydrogen) atoms.